The number of rotatable bonds is 7. The van der Waals surface area contributed by atoms with Crippen LogP contribution in [0.5, 0.6) is 0 Å². The number of amides is 1. The molecule has 0 saturated carbocycles. The van der Waals surface area contributed by atoms with Crippen molar-refractivity contribution >= 4 is 21.9 Å². The smallest absolute Gasteiger partial charge is 0.307 e. The Labute approximate surface area is 165 Å². The molecule has 2 rings (SSSR count). The lowest BCUT2D eigenvalue weighted by atomic mass is 10.0. The van der Waals surface area contributed by atoms with Crippen molar-refractivity contribution in [2.45, 2.75) is 24.3 Å². The first-order valence-corrected chi connectivity index (χ1v) is 10.1. The van der Waals surface area contributed by atoms with Crippen LogP contribution in [0.15, 0.2) is 53.4 Å². The highest BCUT2D eigenvalue weighted by Gasteiger charge is 2.21. The number of sulfonamides is 1. The van der Waals surface area contributed by atoms with Gasteiger partial charge in [0.2, 0.25) is 10.0 Å². The van der Waals surface area contributed by atoms with E-state index in [1.54, 1.807) is 0 Å². The molecule has 7 nitrogen and oxygen atoms in total. The molecule has 2 aromatic rings. The number of benzene rings is 2. The Morgan fingerprint density at radius 2 is 1.61 bits per heavy atom. The minimum absolute atomic E-state index is 0.0155. The SMILES string of the molecule is COC(=O)C[C@@H](NC(=O)c1ccc(S(=O)(=O)N(C)C)cc1)c1ccc(C)cc1. The topological polar surface area (TPSA) is 92.8 Å². The van der Waals surface area contributed by atoms with Gasteiger partial charge in [0.15, 0.2) is 0 Å². The molecule has 0 spiro atoms. The van der Waals surface area contributed by atoms with Gasteiger partial charge in [0.1, 0.15) is 0 Å². The van der Waals surface area contributed by atoms with Gasteiger partial charge in [-0.05, 0) is 36.8 Å². The second-order valence-electron chi connectivity index (χ2n) is 6.53. The molecule has 2 aromatic carbocycles. The predicted molar refractivity (Wildman–Crippen MR) is 105 cm³/mol. The highest BCUT2D eigenvalue weighted by atomic mass is 32.2. The summed E-state index contributed by atoms with van der Waals surface area (Å²) in [6.07, 6.45) is -0.0155. The monoisotopic (exact) mass is 404 g/mol. The zero-order valence-corrected chi connectivity index (χ0v) is 17.1. The number of ether oxygens (including phenoxy) is 1. The molecule has 0 aliphatic heterocycles. The summed E-state index contributed by atoms with van der Waals surface area (Å²) in [7, 11) is 0.602. The molecule has 0 saturated heterocycles. The first-order chi connectivity index (χ1) is 13.1. The van der Waals surface area contributed by atoms with Crippen molar-refractivity contribution in [3.8, 4) is 0 Å². The van der Waals surface area contributed by atoms with Gasteiger partial charge in [-0.15, -0.1) is 0 Å². The zero-order chi connectivity index (χ0) is 20.9. The fourth-order valence-corrected chi connectivity index (χ4v) is 3.43. The predicted octanol–water partition coefficient (Wildman–Crippen LogP) is 2.28. The molecule has 0 aliphatic carbocycles. The van der Waals surface area contributed by atoms with Gasteiger partial charge in [-0.1, -0.05) is 29.8 Å². The molecule has 1 amide bonds. The first kappa shape index (κ1) is 21.6. The first-order valence-electron chi connectivity index (χ1n) is 8.62. The average molecular weight is 404 g/mol. The summed E-state index contributed by atoms with van der Waals surface area (Å²) in [5.74, 6) is -0.860. The number of hydrogen-bond donors (Lipinski definition) is 1. The van der Waals surface area contributed by atoms with Crippen molar-refractivity contribution in [3.05, 3.63) is 65.2 Å². The molecule has 150 valence electrons. The summed E-state index contributed by atoms with van der Waals surface area (Å²) in [6, 6.07) is 12.6. The van der Waals surface area contributed by atoms with Crippen molar-refractivity contribution < 1.29 is 22.7 Å². The van der Waals surface area contributed by atoms with Crippen LogP contribution in [0.4, 0.5) is 0 Å². The quantitative estimate of drug-likeness (QED) is 0.715. The Morgan fingerprint density at radius 3 is 2.11 bits per heavy atom. The Bertz CT molecular complexity index is 936. The molecule has 0 aliphatic rings. The minimum atomic E-state index is -3.57. The third kappa shape index (κ3) is 5.17. The summed E-state index contributed by atoms with van der Waals surface area (Å²) in [5.41, 5.74) is 2.13. The number of esters is 1. The van der Waals surface area contributed by atoms with E-state index >= 15 is 0 Å². The Hall–Kier alpha value is -2.71. The largest absolute Gasteiger partial charge is 0.469 e. The minimum Gasteiger partial charge on any atom is -0.469 e. The van der Waals surface area contributed by atoms with Gasteiger partial charge in [0.05, 0.1) is 24.5 Å². The molecule has 8 heteroatoms. The molecular formula is C20H24N2O5S. The average Bonchev–Trinajstić information content (AvgIpc) is 2.67. The van der Waals surface area contributed by atoms with Gasteiger partial charge in [-0.25, -0.2) is 12.7 Å². The number of methoxy groups -OCH3 is 1. The second-order valence-corrected chi connectivity index (χ2v) is 8.68. The molecule has 1 N–H and O–H groups in total. The molecule has 0 radical (unpaired) electrons. The van der Waals surface area contributed by atoms with Crippen molar-refractivity contribution in [1.29, 1.82) is 0 Å². The normalized spacial score (nSPS) is 12.5. The van der Waals surface area contributed by atoms with Gasteiger partial charge in [0.25, 0.3) is 5.91 Å². The summed E-state index contributed by atoms with van der Waals surface area (Å²) >= 11 is 0. The van der Waals surface area contributed by atoms with E-state index in [4.69, 9.17) is 4.74 Å². The molecule has 28 heavy (non-hydrogen) atoms. The fourth-order valence-electron chi connectivity index (χ4n) is 2.53. The van der Waals surface area contributed by atoms with E-state index in [0.29, 0.717) is 5.56 Å². The Kier molecular flexibility index (Phi) is 6.93. The van der Waals surface area contributed by atoms with Crippen LogP contribution in [-0.2, 0) is 19.6 Å². The van der Waals surface area contributed by atoms with E-state index in [1.807, 2.05) is 31.2 Å². The van der Waals surface area contributed by atoms with Gasteiger partial charge >= 0.3 is 5.97 Å². The van der Waals surface area contributed by atoms with Crippen LogP contribution in [0.3, 0.4) is 0 Å². The number of aryl methyl sites for hydroxylation is 1. The lowest BCUT2D eigenvalue weighted by molar-refractivity contribution is -0.141. The lowest BCUT2D eigenvalue weighted by Gasteiger charge is -2.19. The highest BCUT2D eigenvalue weighted by Crippen LogP contribution is 2.20. The van der Waals surface area contributed by atoms with Gasteiger partial charge in [-0.2, -0.15) is 0 Å². The van der Waals surface area contributed by atoms with Crippen molar-refractivity contribution in [2.75, 3.05) is 21.2 Å². The standard InChI is InChI=1S/C20H24N2O5S/c1-14-5-7-15(8-6-14)18(13-19(23)27-4)21-20(24)16-9-11-17(12-10-16)28(25,26)22(2)3/h5-12,18H,13H2,1-4H3,(H,21,24)/t18-/m1/s1. The second kappa shape index (κ2) is 8.99. The molecule has 0 unspecified atom stereocenters. The highest BCUT2D eigenvalue weighted by molar-refractivity contribution is 7.89. The number of nitrogens with zero attached hydrogens (tertiary/aromatic N) is 1. The van der Waals surface area contributed by atoms with E-state index in [0.717, 1.165) is 15.4 Å². The van der Waals surface area contributed by atoms with Crippen LogP contribution in [0.25, 0.3) is 0 Å². The van der Waals surface area contributed by atoms with Crippen molar-refractivity contribution in [2.24, 2.45) is 0 Å². The number of carbonyl (C=O) groups excluding carboxylic acids is 2. The third-order valence-electron chi connectivity index (χ3n) is 4.28. The molecular weight excluding hydrogens is 380 g/mol. The summed E-state index contributed by atoms with van der Waals surface area (Å²) in [4.78, 5) is 24.5. The zero-order valence-electron chi connectivity index (χ0n) is 16.3. The van der Waals surface area contributed by atoms with E-state index < -0.39 is 27.9 Å². The fraction of sp³-hybridized carbons (Fsp3) is 0.300. The van der Waals surface area contributed by atoms with Gasteiger partial charge < -0.3 is 10.1 Å². The molecule has 1 atom stereocenters. The Morgan fingerprint density at radius 1 is 1.04 bits per heavy atom. The van der Waals surface area contributed by atoms with Gasteiger partial charge in [-0.3, -0.25) is 9.59 Å². The molecule has 0 bridgehead atoms. The van der Waals surface area contributed by atoms with E-state index in [1.165, 1.54) is 45.5 Å². The number of nitrogens with one attached hydrogen (secondary N) is 1. The van der Waals surface area contributed by atoms with Crippen LogP contribution in [0.1, 0.15) is 33.9 Å². The molecule has 0 fully saturated rings. The maximum absolute atomic E-state index is 12.6. The summed E-state index contributed by atoms with van der Waals surface area (Å²) < 4.78 is 30.1. The maximum atomic E-state index is 12.6. The van der Waals surface area contributed by atoms with E-state index in [-0.39, 0.29) is 11.3 Å². The van der Waals surface area contributed by atoms with E-state index in [2.05, 4.69) is 5.32 Å². The molecule has 0 aromatic heterocycles. The van der Waals surface area contributed by atoms with Crippen LogP contribution >= 0.6 is 0 Å². The van der Waals surface area contributed by atoms with Crippen molar-refractivity contribution in [3.63, 3.8) is 0 Å². The lowest BCUT2D eigenvalue weighted by Crippen LogP contribution is -2.30. The molecule has 0 heterocycles. The number of carbonyl (C=O) groups is 2. The number of hydrogen-bond acceptors (Lipinski definition) is 5. The third-order valence-corrected chi connectivity index (χ3v) is 6.11. The Balaban J connectivity index is 2.23. The van der Waals surface area contributed by atoms with Gasteiger partial charge in [0, 0.05) is 19.7 Å². The van der Waals surface area contributed by atoms with Crippen molar-refractivity contribution in [1.82, 2.24) is 9.62 Å². The summed E-state index contributed by atoms with van der Waals surface area (Å²) in [6.45, 7) is 1.95. The van der Waals surface area contributed by atoms with Crippen LogP contribution in [0, 0.1) is 6.92 Å². The summed E-state index contributed by atoms with van der Waals surface area (Å²) in [5, 5.41) is 2.82. The van der Waals surface area contributed by atoms with Crippen LogP contribution in [-0.4, -0.2) is 45.8 Å². The van der Waals surface area contributed by atoms with Crippen LogP contribution in [0.2, 0.25) is 0 Å². The van der Waals surface area contributed by atoms with E-state index in [9.17, 15) is 18.0 Å². The van der Waals surface area contributed by atoms with Crippen LogP contribution < -0.4 is 5.32 Å². The maximum Gasteiger partial charge on any atom is 0.307 e.